The molecule has 0 aliphatic heterocycles. The summed E-state index contributed by atoms with van der Waals surface area (Å²) in [6.45, 7) is 9.32. The molecule has 224 valence electrons. The Bertz CT molecular complexity index is 1190. The average molecular weight is 582 g/mol. The van der Waals surface area contributed by atoms with Crippen molar-refractivity contribution in [3.63, 3.8) is 0 Å². The molecule has 1 aliphatic carbocycles. The summed E-state index contributed by atoms with van der Waals surface area (Å²) in [5.41, 5.74) is 5.60. The fourth-order valence-electron chi connectivity index (χ4n) is 4.19. The van der Waals surface area contributed by atoms with Crippen molar-refractivity contribution >= 4 is 36.4 Å². The van der Waals surface area contributed by atoms with Crippen molar-refractivity contribution in [2.24, 2.45) is 0 Å². The van der Waals surface area contributed by atoms with E-state index in [1.807, 2.05) is 6.92 Å². The third-order valence-corrected chi connectivity index (χ3v) is 8.95. The van der Waals surface area contributed by atoms with Crippen LogP contribution in [-0.4, -0.2) is 68.2 Å². The molecule has 0 radical (unpaired) electrons. The monoisotopic (exact) mass is 581 g/mol. The van der Waals surface area contributed by atoms with E-state index >= 15 is 0 Å². The fourth-order valence-corrected chi connectivity index (χ4v) is 6.58. The lowest BCUT2D eigenvalue weighted by Gasteiger charge is -2.33. The summed E-state index contributed by atoms with van der Waals surface area (Å²) in [6, 6.07) is -0.893. The second-order valence-electron chi connectivity index (χ2n) is 10.9. The van der Waals surface area contributed by atoms with Crippen LogP contribution in [0.15, 0.2) is 12.7 Å². The first-order chi connectivity index (χ1) is 18.9. The van der Waals surface area contributed by atoms with Crippen LogP contribution in [0.3, 0.4) is 0 Å². The Kier molecular flexibility index (Phi) is 11.4. The number of nitrogen functional groups attached to an aromatic ring is 1. The second kappa shape index (κ2) is 14.3. The highest BCUT2D eigenvalue weighted by molar-refractivity contribution is 7.59. The molecule has 0 saturated heterocycles. The quantitative estimate of drug-likeness (QED) is 0.141. The van der Waals surface area contributed by atoms with Crippen LogP contribution in [0, 0.1) is 0 Å². The lowest BCUT2D eigenvalue weighted by Crippen LogP contribution is -2.50. The van der Waals surface area contributed by atoms with Crippen LogP contribution in [0.2, 0.25) is 0 Å². The van der Waals surface area contributed by atoms with Crippen molar-refractivity contribution < 1.29 is 28.4 Å². The number of hydrogen-bond donors (Lipinski definition) is 3. The van der Waals surface area contributed by atoms with Gasteiger partial charge in [-0.3, -0.25) is 14.2 Å². The van der Waals surface area contributed by atoms with Gasteiger partial charge in [-0.2, -0.15) is 0 Å². The predicted molar refractivity (Wildman–Crippen MR) is 151 cm³/mol. The Labute approximate surface area is 235 Å². The molecule has 2 heterocycles. The van der Waals surface area contributed by atoms with Gasteiger partial charge in [-0.1, -0.05) is 26.2 Å². The molecule has 1 saturated carbocycles. The fraction of sp³-hybridized carbons (Fsp3) is 0.731. The molecule has 4 N–H and O–H groups in total. The minimum absolute atomic E-state index is 0.109. The van der Waals surface area contributed by atoms with E-state index in [9.17, 15) is 14.2 Å². The first-order valence-corrected chi connectivity index (χ1v) is 15.9. The van der Waals surface area contributed by atoms with Gasteiger partial charge in [0.1, 0.15) is 35.9 Å². The zero-order chi connectivity index (χ0) is 29.3. The molecule has 0 bridgehead atoms. The summed E-state index contributed by atoms with van der Waals surface area (Å²) in [7, 11) is -3.68. The van der Waals surface area contributed by atoms with Gasteiger partial charge in [0.05, 0.1) is 25.6 Å². The van der Waals surface area contributed by atoms with E-state index in [0.717, 1.165) is 44.9 Å². The lowest BCUT2D eigenvalue weighted by molar-refractivity contribution is -0.154. The Morgan fingerprint density at radius 3 is 2.62 bits per heavy atom. The number of anilines is 1. The molecule has 40 heavy (non-hydrogen) atoms. The number of nitrogens with two attached hydrogens (primary N) is 1. The van der Waals surface area contributed by atoms with Crippen LogP contribution in [0.25, 0.3) is 11.2 Å². The van der Waals surface area contributed by atoms with Crippen molar-refractivity contribution in [1.29, 1.82) is 0 Å². The molecular weight excluding hydrogens is 537 g/mol. The highest BCUT2D eigenvalue weighted by Gasteiger charge is 2.40. The van der Waals surface area contributed by atoms with Crippen molar-refractivity contribution in [3.8, 4) is 0 Å². The normalized spacial score (nSPS) is 17.1. The lowest BCUT2D eigenvalue weighted by atomic mass is 9.96. The number of unbranched alkanes of at least 4 members (excludes halogenated alkanes) is 3. The third kappa shape index (κ3) is 8.95. The highest BCUT2D eigenvalue weighted by atomic mass is 31.2. The third-order valence-electron chi connectivity index (χ3n) is 6.72. The van der Waals surface area contributed by atoms with Gasteiger partial charge < -0.3 is 24.5 Å². The highest BCUT2D eigenvalue weighted by Crippen LogP contribution is 2.40. The predicted octanol–water partition coefficient (Wildman–Crippen LogP) is 3.53. The van der Waals surface area contributed by atoms with E-state index in [1.54, 1.807) is 31.7 Å². The summed E-state index contributed by atoms with van der Waals surface area (Å²) in [4.78, 5) is 38.0. The standard InChI is InChI=1S/C26H44N7O6P/c1-6-7-8-9-13-37-25(35)26(4,5)32-40(36,31-19(3)24(34)39-20-11-10-12-20)17-38-18(2)14-33-16-30-21-22(27)28-15-29-23(21)33/h15-16,18-20H,6-14,17H2,1-5H3,(H2,27,28,29)(H2,31,32,36)/t18-,19-,40?/m1/s1. The zero-order valence-corrected chi connectivity index (χ0v) is 25.1. The number of imidazole rings is 1. The number of carbonyl (C=O) groups excluding carboxylic acids is 2. The van der Waals surface area contributed by atoms with E-state index in [-0.39, 0.29) is 24.9 Å². The first-order valence-electron chi connectivity index (χ1n) is 14.0. The summed E-state index contributed by atoms with van der Waals surface area (Å²) in [5, 5.41) is 5.79. The van der Waals surface area contributed by atoms with Crippen LogP contribution >= 0.6 is 7.44 Å². The summed E-state index contributed by atoms with van der Waals surface area (Å²) < 4.78 is 32.9. The van der Waals surface area contributed by atoms with Crippen LogP contribution in [-0.2, 0) is 34.9 Å². The minimum Gasteiger partial charge on any atom is -0.464 e. The molecule has 1 aliphatic rings. The maximum atomic E-state index is 14.2. The van der Waals surface area contributed by atoms with E-state index in [0.29, 0.717) is 17.7 Å². The van der Waals surface area contributed by atoms with Gasteiger partial charge in [0.25, 0.3) is 0 Å². The summed E-state index contributed by atoms with van der Waals surface area (Å²) >= 11 is 0. The summed E-state index contributed by atoms with van der Waals surface area (Å²) in [6.07, 6.45) is 8.65. The van der Waals surface area contributed by atoms with Gasteiger partial charge in [-0.25, -0.2) is 25.1 Å². The molecule has 2 aromatic rings. The molecule has 13 nitrogen and oxygen atoms in total. The molecule has 2 aromatic heterocycles. The second-order valence-corrected chi connectivity index (χ2v) is 13.2. The SMILES string of the molecule is CCCCCCOC(=O)C(C)(C)NP(=O)(CO[C@H](C)Cn1cnc2c(N)ncnc21)N[C@H](C)C(=O)OC1CCC1. The van der Waals surface area contributed by atoms with Gasteiger partial charge in [-0.15, -0.1) is 0 Å². The Balaban J connectivity index is 1.66. The number of nitrogens with one attached hydrogen (secondary N) is 2. The number of fused-ring (bicyclic) bond motifs is 1. The van der Waals surface area contributed by atoms with Crippen molar-refractivity contribution in [2.45, 2.75) is 110 Å². The molecule has 14 heteroatoms. The van der Waals surface area contributed by atoms with Gasteiger partial charge in [0, 0.05) is 0 Å². The van der Waals surface area contributed by atoms with Gasteiger partial charge in [0.15, 0.2) is 11.5 Å². The zero-order valence-electron chi connectivity index (χ0n) is 24.2. The number of ether oxygens (including phenoxy) is 3. The number of rotatable bonds is 17. The number of carbonyl (C=O) groups is 2. The Hall–Kier alpha value is -2.60. The first kappa shape index (κ1) is 31.9. The van der Waals surface area contributed by atoms with E-state index in [2.05, 4.69) is 32.1 Å². The molecule has 0 aromatic carbocycles. The molecule has 1 fully saturated rings. The van der Waals surface area contributed by atoms with Gasteiger partial charge in [-0.05, 0) is 53.4 Å². The molecule has 0 amide bonds. The summed E-state index contributed by atoms with van der Waals surface area (Å²) in [5.74, 6) is -0.762. The van der Waals surface area contributed by atoms with Gasteiger partial charge in [0.2, 0.25) is 7.44 Å². The Morgan fingerprint density at radius 2 is 1.95 bits per heavy atom. The number of esters is 2. The minimum atomic E-state index is -3.68. The molecule has 3 rings (SSSR count). The number of aromatic nitrogens is 4. The molecule has 3 atom stereocenters. The van der Waals surface area contributed by atoms with Crippen LogP contribution in [0.4, 0.5) is 5.82 Å². The maximum Gasteiger partial charge on any atom is 0.326 e. The Morgan fingerprint density at radius 1 is 1.20 bits per heavy atom. The number of hydrogen-bond acceptors (Lipinski definition) is 10. The smallest absolute Gasteiger partial charge is 0.326 e. The van der Waals surface area contributed by atoms with Crippen molar-refractivity contribution in [3.05, 3.63) is 12.7 Å². The maximum absolute atomic E-state index is 14.2. The van der Waals surface area contributed by atoms with E-state index in [4.69, 9.17) is 19.9 Å². The van der Waals surface area contributed by atoms with Crippen molar-refractivity contribution in [1.82, 2.24) is 29.7 Å². The van der Waals surface area contributed by atoms with Crippen molar-refractivity contribution in [2.75, 3.05) is 18.7 Å². The topological polar surface area (TPSA) is 173 Å². The van der Waals surface area contributed by atoms with Crippen LogP contribution in [0.5, 0.6) is 0 Å². The van der Waals surface area contributed by atoms with E-state index < -0.39 is 37.1 Å². The number of nitrogens with zero attached hydrogens (tertiary/aromatic N) is 4. The molecular formula is C26H44N7O6P. The molecule has 1 unspecified atom stereocenters. The molecule has 0 spiro atoms. The average Bonchev–Trinajstić information content (AvgIpc) is 3.28. The van der Waals surface area contributed by atoms with Crippen LogP contribution < -0.4 is 15.9 Å². The van der Waals surface area contributed by atoms with E-state index in [1.165, 1.54) is 6.33 Å². The van der Waals surface area contributed by atoms with Gasteiger partial charge >= 0.3 is 11.9 Å². The van der Waals surface area contributed by atoms with Crippen LogP contribution in [0.1, 0.15) is 79.6 Å². The largest absolute Gasteiger partial charge is 0.464 e.